The molecule has 1 aliphatic rings. The molecule has 1 aromatic carbocycles. The largest absolute Gasteiger partial charge is 0.365 e. The molecule has 0 atom stereocenters. The fourth-order valence-corrected chi connectivity index (χ4v) is 3.49. The van der Waals surface area contributed by atoms with Crippen molar-refractivity contribution in [2.45, 2.75) is 45.1 Å². The van der Waals surface area contributed by atoms with Gasteiger partial charge in [-0.05, 0) is 19.8 Å². The highest BCUT2D eigenvalue weighted by atomic mass is 15.3. The number of H-pyrrole nitrogens is 1. The molecule has 1 aliphatic carbocycles. The highest BCUT2D eigenvalue weighted by Crippen LogP contribution is 2.32. The number of hydrogen-bond donors (Lipinski definition) is 2. The van der Waals surface area contributed by atoms with Crippen molar-refractivity contribution in [1.82, 2.24) is 14.6 Å². The summed E-state index contributed by atoms with van der Waals surface area (Å²) in [6.07, 6.45) is 7.96. The van der Waals surface area contributed by atoms with Gasteiger partial charge in [0.1, 0.15) is 17.3 Å². The van der Waals surface area contributed by atoms with Crippen molar-refractivity contribution in [2.75, 3.05) is 5.32 Å². The van der Waals surface area contributed by atoms with Crippen LogP contribution in [0.15, 0.2) is 30.5 Å². The van der Waals surface area contributed by atoms with Crippen molar-refractivity contribution in [3.05, 3.63) is 41.6 Å². The number of fused-ring (bicyclic) bond motifs is 1. The number of aryl methyl sites for hydroxylation is 1. The minimum absolute atomic E-state index is 0.469. The molecular weight excluding hydrogens is 298 g/mol. The summed E-state index contributed by atoms with van der Waals surface area (Å²) in [5.41, 5.74) is 4.46. The first kappa shape index (κ1) is 14.8. The number of aromatic amines is 1. The Kier molecular flexibility index (Phi) is 3.73. The molecule has 0 spiro atoms. The fraction of sp³-hybridized carbons (Fsp3) is 0.368. The summed E-state index contributed by atoms with van der Waals surface area (Å²) in [5.74, 6) is 0.960. The van der Waals surface area contributed by atoms with E-state index in [-0.39, 0.29) is 0 Å². The van der Waals surface area contributed by atoms with Gasteiger partial charge in [0.25, 0.3) is 0 Å². The van der Waals surface area contributed by atoms with E-state index in [4.69, 9.17) is 4.98 Å². The molecular formula is C19H21N5. The van der Waals surface area contributed by atoms with Crippen LogP contribution < -0.4 is 5.32 Å². The Hall–Kier alpha value is -2.74. The number of benzene rings is 1. The summed E-state index contributed by atoms with van der Waals surface area (Å²) in [6, 6.07) is 11.1. The summed E-state index contributed by atoms with van der Waals surface area (Å²) >= 11 is 0. The van der Waals surface area contributed by atoms with Gasteiger partial charge < -0.3 is 5.32 Å². The van der Waals surface area contributed by atoms with E-state index >= 15 is 0 Å². The van der Waals surface area contributed by atoms with Crippen molar-refractivity contribution in [2.24, 2.45) is 0 Å². The SMILES string of the molecule is Cc1ccc(-c2nc3c(C#N)c[nH]n3c2NC2CCCCC2)cc1. The maximum atomic E-state index is 9.31. The Labute approximate surface area is 141 Å². The van der Waals surface area contributed by atoms with E-state index < -0.39 is 0 Å². The third-order valence-corrected chi connectivity index (χ3v) is 4.85. The van der Waals surface area contributed by atoms with Crippen LogP contribution >= 0.6 is 0 Å². The Bertz CT molecular complexity index is 888. The maximum Gasteiger partial charge on any atom is 0.173 e. The molecule has 0 saturated heterocycles. The molecule has 0 amide bonds. The molecule has 5 heteroatoms. The molecule has 3 aromatic rings. The van der Waals surface area contributed by atoms with E-state index in [0.29, 0.717) is 17.3 Å². The zero-order valence-electron chi connectivity index (χ0n) is 13.8. The standard InChI is InChI=1S/C19H21N5/c1-13-7-9-14(10-8-13)17-19(22-16-5-3-2-4-6-16)24-18(23-17)15(11-20)12-21-24/h7-10,12,16,21-22H,2-6H2,1H3. The molecule has 1 saturated carbocycles. The van der Waals surface area contributed by atoms with Crippen LogP contribution in [0.4, 0.5) is 5.82 Å². The van der Waals surface area contributed by atoms with Crippen molar-refractivity contribution in [3.63, 3.8) is 0 Å². The number of nitrogens with zero attached hydrogens (tertiary/aromatic N) is 3. The molecule has 5 nitrogen and oxygen atoms in total. The first-order chi connectivity index (χ1) is 11.8. The van der Waals surface area contributed by atoms with E-state index in [9.17, 15) is 5.26 Å². The number of aromatic nitrogens is 3. The summed E-state index contributed by atoms with van der Waals surface area (Å²) < 4.78 is 1.91. The van der Waals surface area contributed by atoms with Crippen LogP contribution in [0.1, 0.15) is 43.2 Å². The number of nitrogens with one attached hydrogen (secondary N) is 2. The lowest BCUT2D eigenvalue weighted by atomic mass is 9.95. The second-order valence-electron chi connectivity index (χ2n) is 6.61. The lowest BCUT2D eigenvalue weighted by Gasteiger charge is -2.23. The van der Waals surface area contributed by atoms with Gasteiger partial charge in [0.05, 0.1) is 0 Å². The Morgan fingerprint density at radius 3 is 2.67 bits per heavy atom. The quantitative estimate of drug-likeness (QED) is 0.758. The molecule has 2 aromatic heterocycles. The predicted molar refractivity (Wildman–Crippen MR) is 94.9 cm³/mol. The number of rotatable bonds is 3. The second kappa shape index (κ2) is 6.04. The molecule has 0 aliphatic heterocycles. The van der Waals surface area contributed by atoms with Crippen LogP contribution in [-0.2, 0) is 0 Å². The first-order valence-electron chi connectivity index (χ1n) is 8.60. The van der Waals surface area contributed by atoms with E-state index in [0.717, 1.165) is 17.1 Å². The van der Waals surface area contributed by atoms with Crippen LogP contribution in [0.5, 0.6) is 0 Å². The number of anilines is 1. The van der Waals surface area contributed by atoms with Gasteiger partial charge in [0.2, 0.25) is 0 Å². The van der Waals surface area contributed by atoms with Crippen LogP contribution in [-0.4, -0.2) is 20.6 Å². The molecule has 0 radical (unpaired) electrons. The normalized spacial score (nSPS) is 15.5. The Morgan fingerprint density at radius 2 is 1.96 bits per heavy atom. The van der Waals surface area contributed by atoms with E-state index in [2.05, 4.69) is 47.7 Å². The Morgan fingerprint density at radius 1 is 1.21 bits per heavy atom. The molecule has 2 N–H and O–H groups in total. The van der Waals surface area contributed by atoms with Crippen LogP contribution in [0, 0.1) is 18.3 Å². The first-order valence-corrected chi connectivity index (χ1v) is 8.60. The minimum atomic E-state index is 0.469. The second-order valence-corrected chi connectivity index (χ2v) is 6.61. The number of nitriles is 1. The zero-order valence-corrected chi connectivity index (χ0v) is 13.8. The molecule has 4 rings (SSSR count). The summed E-state index contributed by atoms with van der Waals surface area (Å²) in [7, 11) is 0. The minimum Gasteiger partial charge on any atom is -0.365 e. The van der Waals surface area contributed by atoms with Crippen molar-refractivity contribution in [1.29, 1.82) is 5.26 Å². The summed E-state index contributed by atoms with van der Waals surface area (Å²) in [4.78, 5) is 4.76. The lowest BCUT2D eigenvalue weighted by Crippen LogP contribution is -2.23. The predicted octanol–water partition coefficient (Wildman–Crippen LogP) is 4.25. The third-order valence-electron chi connectivity index (χ3n) is 4.85. The molecule has 122 valence electrons. The van der Waals surface area contributed by atoms with Gasteiger partial charge in [0, 0.05) is 17.8 Å². The molecule has 1 fully saturated rings. The topological polar surface area (TPSA) is 68.9 Å². The average molecular weight is 319 g/mol. The van der Waals surface area contributed by atoms with Crippen LogP contribution in [0.2, 0.25) is 0 Å². The van der Waals surface area contributed by atoms with Crippen LogP contribution in [0.25, 0.3) is 16.9 Å². The molecule has 0 unspecified atom stereocenters. The van der Waals surface area contributed by atoms with Crippen molar-refractivity contribution < 1.29 is 0 Å². The molecule has 2 heterocycles. The highest BCUT2D eigenvalue weighted by molar-refractivity contribution is 5.78. The molecule has 24 heavy (non-hydrogen) atoms. The van der Waals surface area contributed by atoms with Gasteiger partial charge in [-0.25, -0.2) is 9.50 Å². The third kappa shape index (κ3) is 2.54. The lowest BCUT2D eigenvalue weighted by molar-refractivity contribution is 0.461. The van der Waals surface area contributed by atoms with E-state index in [1.807, 2.05) is 4.52 Å². The Balaban J connectivity index is 1.81. The number of imidazole rings is 1. The monoisotopic (exact) mass is 319 g/mol. The van der Waals surface area contributed by atoms with Gasteiger partial charge in [-0.3, -0.25) is 5.10 Å². The van der Waals surface area contributed by atoms with Crippen LogP contribution in [0.3, 0.4) is 0 Å². The fourth-order valence-electron chi connectivity index (χ4n) is 3.49. The van der Waals surface area contributed by atoms with Gasteiger partial charge in [-0.2, -0.15) is 5.26 Å². The van der Waals surface area contributed by atoms with E-state index in [1.165, 1.54) is 37.7 Å². The van der Waals surface area contributed by atoms with Gasteiger partial charge >= 0.3 is 0 Å². The number of hydrogen-bond acceptors (Lipinski definition) is 3. The van der Waals surface area contributed by atoms with Gasteiger partial charge in [0.15, 0.2) is 11.5 Å². The van der Waals surface area contributed by atoms with Crippen molar-refractivity contribution >= 4 is 11.5 Å². The highest BCUT2D eigenvalue weighted by Gasteiger charge is 2.21. The van der Waals surface area contributed by atoms with Crippen molar-refractivity contribution in [3.8, 4) is 17.3 Å². The summed E-state index contributed by atoms with van der Waals surface area (Å²) in [5, 5.41) is 16.2. The smallest absolute Gasteiger partial charge is 0.173 e. The van der Waals surface area contributed by atoms with Gasteiger partial charge in [-0.1, -0.05) is 49.1 Å². The molecule has 0 bridgehead atoms. The van der Waals surface area contributed by atoms with E-state index in [1.54, 1.807) is 6.20 Å². The average Bonchev–Trinajstić information content (AvgIpc) is 3.17. The maximum absolute atomic E-state index is 9.31. The summed E-state index contributed by atoms with van der Waals surface area (Å²) in [6.45, 7) is 2.08. The zero-order chi connectivity index (χ0) is 16.5. The van der Waals surface area contributed by atoms with Gasteiger partial charge in [-0.15, -0.1) is 0 Å².